The first-order valence-corrected chi connectivity index (χ1v) is 5.13. The summed E-state index contributed by atoms with van der Waals surface area (Å²) >= 11 is 3.64. The molecule has 0 aliphatic heterocycles. The summed E-state index contributed by atoms with van der Waals surface area (Å²) in [5.74, 6) is 1.80. The van der Waals surface area contributed by atoms with Gasteiger partial charge in [-0.25, -0.2) is 4.98 Å². The summed E-state index contributed by atoms with van der Waals surface area (Å²) in [5.41, 5.74) is 0. The normalized spacial score (nSPS) is 13.8. The molecule has 0 saturated heterocycles. The van der Waals surface area contributed by atoms with Gasteiger partial charge >= 0.3 is 0 Å². The molecule has 0 aliphatic rings. The first-order valence-electron chi connectivity index (χ1n) is 4.21. The minimum Gasteiger partial charge on any atom is -0.338 e. The molecule has 1 heterocycles. The molecule has 0 aromatic carbocycles. The molecule has 2 nitrogen and oxygen atoms in total. The number of rotatable bonds is 3. The molecule has 0 fully saturated rings. The molecule has 0 spiro atoms. The van der Waals surface area contributed by atoms with E-state index in [4.69, 9.17) is 0 Å². The van der Waals surface area contributed by atoms with Crippen molar-refractivity contribution in [1.82, 2.24) is 9.55 Å². The monoisotopic (exact) mass is 230 g/mol. The summed E-state index contributed by atoms with van der Waals surface area (Å²) in [7, 11) is 2.03. The van der Waals surface area contributed by atoms with E-state index >= 15 is 0 Å². The highest BCUT2D eigenvalue weighted by Gasteiger charge is 2.11. The predicted octanol–water partition coefficient (Wildman–Crippen LogP) is 2.38. The van der Waals surface area contributed by atoms with Gasteiger partial charge in [0.25, 0.3) is 0 Å². The SMILES string of the molecule is CC(C)C(Br)Cc1nccn1C. The molecule has 1 unspecified atom stereocenters. The Morgan fingerprint density at radius 3 is 2.67 bits per heavy atom. The zero-order valence-corrected chi connectivity index (χ0v) is 9.37. The number of hydrogen-bond acceptors (Lipinski definition) is 1. The highest BCUT2D eigenvalue weighted by Crippen LogP contribution is 2.16. The Hall–Kier alpha value is -0.310. The number of nitrogens with zero attached hydrogens (tertiary/aromatic N) is 2. The fourth-order valence-electron chi connectivity index (χ4n) is 1.00. The lowest BCUT2D eigenvalue weighted by Crippen LogP contribution is -2.13. The molecule has 1 aromatic rings. The molecule has 0 amide bonds. The zero-order chi connectivity index (χ0) is 9.14. The molecule has 0 N–H and O–H groups in total. The Morgan fingerprint density at radius 1 is 1.58 bits per heavy atom. The van der Waals surface area contributed by atoms with E-state index in [1.807, 2.05) is 19.4 Å². The van der Waals surface area contributed by atoms with Gasteiger partial charge in [-0.3, -0.25) is 0 Å². The molecular formula is C9H15BrN2. The zero-order valence-electron chi connectivity index (χ0n) is 7.79. The number of hydrogen-bond donors (Lipinski definition) is 0. The van der Waals surface area contributed by atoms with E-state index in [0.29, 0.717) is 10.7 Å². The van der Waals surface area contributed by atoms with Crippen LogP contribution in [0.5, 0.6) is 0 Å². The average molecular weight is 231 g/mol. The van der Waals surface area contributed by atoms with Gasteiger partial charge in [-0.05, 0) is 5.92 Å². The van der Waals surface area contributed by atoms with Crippen LogP contribution in [0.3, 0.4) is 0 Å². The molecule has 68 valence electrons. The fraction of sp³-hybridized carbons (Fsp3) is 0.667. The van der Waals surface area contributed by atoms with Crippen LogP contribution >= 0.6 is 15.9 Å². The first kappa shape index (κ1) is 9.78. The van der Waals surface area contributed by atoms with E-state index in [9.17, 15) is 0 Å². The van der Waals surface area contributed by atoms with Crippen molar-refractivity contribution in [2.45, 2.75) is 25.1 Å². The quantitative estimate of drug-likeness (QED) is 0.730. The van der Waals surface area contributed by atoms with Gasteiger partial charge in [0.1, 0.15) is 5.82 Å². The van der Waals surface area contributed by atoms with Crippen molar-refractivity contribution < 1.29 is 0 Å². The molecular weight excluding hydrogens is 216 g/mol. The van der Waals surface area contributed by atoms with Crippen LogP contribution in [0.1, 0.15) is 19.7 Å². The molecule has 1 rings (SSSR count). The van der Waals surface area contributed by atoms with Gasteiger partial charge in [0.15, 0.2) is 0 Å². The highest BCUT2D eigenvalue weighted by atomic mass is 79.9. The summed E-state index contributed by atoms with van der Waals surface area (Å²) in [5, 5.41) is 0. The van der Waals surface area contributed by atoms with Crippen molar-refractivity contribution in [1.29, 1.82) is 0 Å². The minimum atomic E-state index is 0.526. The number of halogens is 1. The molecule has 12 heavy (non-hydrogen) atoms. The van der Waals surface area contributed by atoms with Crippen molar-refractivity contribution in [3.63, 3.8) is 0 Å². The van der Waals surface area contributed by atoms with Gasteiger partial charge in [-0.1, -0.05) is 29.8 Å². The lowest BCUT2D eigenvalue weighted by atomic mass is 10.1. The van der Waals surface area contributed by atoms with Crippen LogP contribution in [0.2, 0.25) is 0 Å². The van der Waals surface area contributed by atoms with Crippen LogP contribution in [-0.2, 0) is 13.5 Å². The van der Waals surface area contributed by atoms with Gasteiger partial charge < -0.3 is 4.57 Å². The molecule has 1 atom stereocenters. The first-order chi connectivity index (χ1) is 5.61. The van der Waals surface area contributed by atoms with Crippen LogP contribution in [0, 0.1) is 5.92 Å². The van der Waals surface area contributed by atoms with Crippen LogP contribution in [0.25, 0.3) is 0 Å². The lowest BCUT2D eigenvalue weighted by molar-refractivity contribution is 0.591. The molecule has 1 aromatic heterocycles. The van der Waals surface area contributed by atoms with Crippen molar-refractivity contribution >= 4 is 15.9 Å². The van der Waals surface area contributed by atoms with Crippen LogP contribution in [0.15, 0.2) is 12.4 Å². The number of aromatic nitrogens is 2. The Bertz CT molecular complexity index is 242. The minimum absolute atomic E-state index is 0.526. The topological polar surface area (TPSA) is 17.8 Å². The average Bonchev–Trinajstić information content (AvgIpc) is 2.36. The second-order valence-corrected chi connectivity index (χ2v) is 4.59. The predicted molar refractivity (Wildman–Crippen MR) is 54.5 cm³/mol. The maximum atomic E-state index is 4.27. The van der Waals surface area contributed by atoms with Crippen LogP contribution in [0.4, 0.5) is 0 Å². The van der Waals surface area contributed by atoms with E-state index in [0.717, 1.165) is 12.2 Å². The lowest BCUT2D eigenvalue weighted by Gasteiger charge is -2.12. The largest absolute Gasteiger partial charge is 0.338 e. The molecule has 0 radical (unpaired) electrons. The van der Waals surface area contributed by atoms with E-state index in [-0.39, 0.29) is 0 Å². The molecule has 3 heteroatoms. The standard InChI is InChI=1S/C9H15BrN2/c1-7(2)8(10)6-9-11-4-5-12(9)3/h4-5,7-8H,6H2,1-3H3. The number of alkyl halides is 1. The summed E-state index contributed by atoms with van der Waals surface area (Å²) in [6.45, 7) is 4.42. The van der Waals surface area contributed by atoms with E-state index in [1.165, 1.54) is 0 Å². The molecule has 0 saturated carbocycles. The summed E-state index contributed by atoms with van der Waals surface area (Å²) in [4.78, 5) is 4.80. The number of aryl methyl sites for hydroxylation is 1. The van der Waals surface area contributed by atoms with Gasteiger partial charge in [-0.15, -0.1) is 0 Å². The smallest absolute Gasteiger partial charge is 0.109 e. The molecule has 0 aliphatic carbocycles. The van der Waals surface area contributed by atoms with Gasteiger partial charge in [-0.2, -0.15) is 0 Å². The Morgan fingerprint density at radius 2 is 2.25 bits per heavy atom. The van der Waals surface area contributed by atoms with Crippen molar-refractivity contribution in [2.75, 3.05) is 0 Å². The Balaban J connectivity index is 2.58. The second kappa shape index (κ2) is 4.08. The van der Waals surface area contributed by atoms with Gasteiger partial charge in [0, 0.05) is 30.7 Å². The van der Waals surface area contributed by atoms with Gasteiger partial charge in [0.2, 0.25) is 0 Å². The third-order valence-electron chi connectivity index (χ3n) is 2.02. The molecule has 0 bridgehead atoms. The van der Waals surface area contributed by atoms with E-state index in [2.05, 4.69) is 39.3 Å². The van der Waals surface area contributed by atoms with Crippen LogP contribution in [-0.4, -0.2) is 14.4 Å². The van der Waals surface area contributed by atoms with Crippen molar-refractivity contribution in [2.24, 2.45) is 13.0 Å². The summed E-state index contributed by atoms with van der Waals surface area (Å²) in [6, 6.07) is 0. The van der Waals surface area contributed by atoms with E-state index < -0.39 is 0 Å². The van der Waals surface area contributed by atoms with E-state index in [1.54, 1.807) is 0 Å². The highest BCUT2D eigenvalue weighted by molar-refractivity contribution is 9.09. The summed E-state index contributed by atoms with van der Waals surface area (Å²) < 4.78 is 2.07. The second-order valence-electron chi connectivity index (χ2n) is 3.42. The number of imidazole rings is 1. The van der Waals surface area contributed by atoms with Gasteiger partial charge in [0.05, 0.1) is 0 Å². The third-order valence-corrected chi connectivity index (χ3v) is 3.40. The Kier molecular flexibility index (Phi) is 3.32. The van der Waals surface area contributed by atoms with Crippen molar-refractivity contribution in [3.05, 3.63) is 18.2 Å². The fourth-order valence-corrected chi connectivity index (χ4v) is 1.29. The maximum absolute atomic E-state index is 4.27. The Labute approximate surface area is 82.1 Å². The summed E-state index contributed by atoms with van der Waals surface area (Å²) in [6.07, 6.45) is 4.83. The third kappa shape index (κ3) is 2.34. The maximum Gasteiger partial charge on any atom is 0.109 e. The van der Waals surface area contributed by atoms with Crippen LogP contribution < -0.4 is 0 Å². The van der Waals surface area contributed by atoms with Crippen molar-refractivity contribution in [3.8, 4) is 0 Å².